The van der Waals surface area contributed by atoms with E-state index in [0.29, 0.717) is 17.1 Å². The number of halogens is 2. The van der Waals surface area contributed by atoms with Crippen molar-refractivity contribution in [3.8, 4) is 23.1 Å². The van der Waals surface area contributed by atoms with E-state index in [1.807, 2.05) is 6.26 Å². The van der Waals surface area contributed by atoms with Gasteiger partial charge in [-0.15, -0.1) is 11.8 Å². The summed E-state index contributed by atoms with van der Waals surface area (Å²) in [5.74, 6) is -2.70. The van der Waals surface area contributed by atoms with Gasteiger partial charge in [-0.2, -0.15) is 5.26 Å². The molecule has 1 aliphatic rings. The summed E-state index contributed by atoms with van der Waals surface area (Å²) in [6.07, 6.45) is 4.95. The molecule has 4 rings (SSSR count). The predicted molar refractivity (Wildman–Crippen MR) is 151 cm³/mol. The quantitative estimate of drug-likeness (QED) is 0.134. The Morgan fingerprint density at radius 1 is 1.32 bits per heavy atom. The molecule has 2 aromatic heterocycles. The lowest BCUT2D eigenvalue weighted by atomic mass is 10.0. The highest BCUT2D eigenvalue weighted by Crippen LogP contribution is 2.35. The molecule has 1 atom stereocenters. The summed E-state index contributed by atoms with van der Waals surface area (Å²) in [5.41, 5.74) is -0.469. The van der Waals surface area contributed by atoms with Crippen LogP contribution in [0.2, 0.25) is 0 Å². The highest BCUT2D eigenvalue weighted by Gasteiger charge is 2.33. The average molecular weight is 578 g/mol. The molecule has 1 unspecified atom stereocenters. The zero-order chi connectivity index (χ0) is 29.5. The fourth-order valence-electron chi connectivity index (χ4n) is 4.52. The molecule has 13 heteroatoms. The van der Waals surface area contributed by atoms with E-state index < -0.39 is 34.7 Å². The Hall–Kier alpha value is -4.83. The van der Waals surface area contributed by atoms with Crippen LogP contribution in [0.3, 0.4) is 0 Å². The Morgan fingerprint density at radius 2 is 2.12 bits per heavy atom. The minimum absolute atomic E-state index is 0.0177. The molecule has 0 spiro atoms. The Morgan fingerprint density at radius 3 is 2.80 bits per heavy atom. The first-order valence-electron chi connectivity index (χ1n) is 12.3. The SMILES string of the molecule is C=CC(=O)N1CCN(/C(=N/c2cccnc2SC)c2cc(F)c(-c3c(O)cccc3F)nc2NC=O)CC1CC#N. The molecule has 0 saturated carbocycles. The molecule has 10 nitrogen and oxygen atoms in total. The maximum atomic E-state index is 15.7. The number of nitrogens with one attached hydrogen (secondary N) is 1. The van der Waals surface area contributed by atoms with E-state index in [1.54, 1.807) is 23.2 Å². The van der Waals surface area contributed by atoms with Crippen LogP contribution in [0.4, 0.5) is 20.3 Å². The molecule has 3 heterocycles. The van der Waals surface area contributed by atoms with Gasteiger partial charge in [-0.05, 0) is 42.7 Å². The van der Waals surface area contributed by atoms with Crippen molar-refractivity contribution in [2.75, 3.05) is 31.2 Å². The molecule has 1 saturated heterocycles. The van der Waals surface area contributed by atoms with Gasteiger partial charge in [-0.25, -0.2) is 23.7 Å². The summed E-state index contributed by atoms with van der Waals surface area (Å²) in [5, 5.41) is 22.7. The summed E-state index contributed by atoms with van der Waals surface area (Å²) >= 11 is 1.34. The van der Waals surface area contributed by atoms with Gasteiger partial charge in [0.25, 0.3) is 0 Å². The van der Waals surface area contributed by atoms with Crippen LogP contribution in [0.5, 0.6) is 5.75 Å². The normalized spacial score (nSPS) is 15.3. The van der Waals surface area contributed by atoms with Crippen molar-refractivity contribution in [2.24, 2.45) is 4.99 Å². The fraction of sp³-hybridized carbons (Fsp3) is 0.214. The first-order valence-corrected chi connectivity index (χ1v) is 13.6. The van der Waals surface area contributed by atoms with E-state index in [1.165, 1.54) is 34.9 Å². The molecule has 1 aromatic carbocycles. The number of piperazine rings is 1. The van der Waals surface area contributed by atoms with Gasteiger partial charge in [0.05, 0.1) is 35.3 Å². The number of benzene rings is 1. The number of aromatic hydroxyl groups is 1. The monoisotopic (exact) mass is 577 g/mol. The standard InChI is InChI=1S/C28H25F2N7O3S/c1-3-23(40)37-13-12-36(15-17(37)9-10-31)27(34-21-7-5-11-32-28(21)41-2)18-14-20(30)25(35-26(18)33-16-38)24-19(29)6-4-8-22(24)39/h3-8,11,14,16-17,39H,1,9,12-13,15H2,2H3,(H,33,35,38)/b34-27+. The second-order valence-corrected chi connectivity index (χ2v) is 9.57. The van der Waals surface area contributed by atoms with Crippen LogP contribution in [-0.2, 0) is 9.59 Å². The summed E-state index contributed by atoms with van der Waals surface area (Å²) in [6, 6.07) is 9.52. The smallest absolute Gasteiger partial charge is 0.246 e. The molecule has 1 fully saturated rings. The number of anilines is 1. The maximum absolute atomic E-state index is 15.7. The summed E-state index contributed by atoms with van der Waals surface area (Å²) < 4.78 is 30.3. The third-order valence-electron chi connectivity index (χ3n) is 6.38. The first-order chi connectivity index (χ1) is 19.8. The number of pyridine rings is 2. The Kier molecular flexibility index (Phi) is 9.26. The Bertz CT molecular complexity index is 1540. The average Bonchev–Trinajstić information content (AvgIpc) is 2.97. The number of aliphatic imine (C=N–C) groups is 1. The molecular weight excluding hydrogens is 552 g/mol. The number of amides is 2. The van der Waals surface area contributed by atoms with Gasteiger partial charge in [-0.1, -0.05) is 12.6 Å². The second-order valence-electron chi connectivity index (χ2n) is 8.78. The van der Waals surface area contributed by atoms with Crippen LogP contribution in [0, 0.1) is 23.0 Å². The van der Waals surface area contributed by atoms with Crippen LogP contribution in [0.25, 0.3) is 11.3 Å². The topological polar surface area (TPSA) is 135 Å². The number of aromatic nitrogens is 2. The number of nitriles is 1. The summed E-state index contributed by atoms with van der Waals surface area (Å²) in [6.45, 7) is 4.15. The number of hydrogen-bond acceptors (Lipinski definition) is 8. The highest BCUT2D eigenvalue weighted by atomic mass is 32.2. The van der Waals surface area contributed by atoms with Crippen molar-refractivity contribution in [3.63, 3.8) is 0 Å². The highest BCUT2D eigenvalue weighted by molar-refractivity contribution is 7.98. The van der Waals surface area contributed by atoms with Gasteiger partial charge in [0.1, 0.15) is 33.9 Å². The minimum atomic E-state index is -0.977. The Labute approximate surface area is 239 Å². The largest absolute Gasteiger partial charge is 0.507 e. The number of thioether (sulfide) groups is 1. The van der Waals surface area contributed by atoms with Crippen LogP contribution >= 0.6 is 11.8 Å². The van der Waals surface area contributed by atoms with Crippen molar-refractivity contribution in [1.29, 1.82) is 5.26 Å². The minimum Gasteiger partial charge on any atom is -0.507 e. The number of amidine groups is 1. The molecule has 0 bridgehead atoms. The van der Waals surface area contributed by atoms with Crippen LogP contribution in [0.15, 0.2) is 65.3 Å². The van der Waals surface area contributed by atoms with E-state index in [4.69, 9.17) is 4.99 Å². The summed E-state index contributed by atoms with van der Waals surface area (Å²) in [7, 11) is 0. The lowest BCUT2D eigenvalue weighted by Crippen LogP contribution is -2.56. The molecule has 2 amide bonds. The van der Waals surface area contributed by atoms with Crippen molar-refractivity contribution >= 4 is 41.4 Å². The number of phenolic OH excluding ortho intramolecular Hbond substituents is 1. The fourth-order valence-corrected chi connectivity index (χ4v) is 5.01. The summed E-state index contributed by atoms with van der Waals surface area (Å²) in [4.78, 5) is 40.7. The van der Waals surface area contributed by atoms with Gasteiger partial charge in [0, 0.05) is 25.8 Å². The van der Waals surface area contributed by atoms with E-state index in [2.05, 4.69) is 27.9 Å². The molecule has 2 N–H and O–H groups in total. The zero-order valence-corrected chi connectivity index (χ0v) is 22.7. The lowest BCUT2D eigenvalue weighted by molar-refractivity contribution is -0.130. The van der Waals surface area contributed by atoms with Crippen LogP contribution in [0.1, 0.15) is 12.0 Å². The number of carbonyl (C=O) groups is 2. The second kappa shape index (κ2) is 13.0. The number of nitrogens with zero attached hydrogens (tertiary/aromatic N) is 6. The number of hydrogen-bond donors (Lipinski definition) is 2. The molecule has 210 valence electrons. The van der Waals surface area contributed by atoms with Gasteiger partial charge in [0.15, 0.2) is 5.82 Å². The van der Waals surface area contributed by atoms with E-state index in [0.717, 1.165) is 12.1 Å². The van der Waals surface area contributed by atoms with E-state index in [9.17, 15) is 24.3 Å². The van der Waals surface area contributed by atoms with Crippen LogP contribution < -0.4 is 5.32 Å². The van der Waals surface area contributed by atoms with Crippen molar-refractivity contribution in [1.82, 2.24) is 19.8 Å². The van der Waals surface area contributed by atoms with Gasteiger partial charge in [-0.3, -0.25) is 9.59 Å². The maximum Gasteiger partial charge on any atom is 0.246 e. The van der Waals surface area contributed by atoms with Gasteiger partial charge >= 0.3 is 0 Å². The lowest BCUT2D eigenvalue weighted by Gasteiger charge is -2.41. The molecule has 0 radical (unpaired) electrons. The van der Waals surface area contributed by atoms with Crippen LogP contribution in [-0.4, -0.2) is 75.0 Å². The molecule has 1 aliphatic heterocycles. The number of rotatable bonds is 8. The first kappa shape index (κ1) is 29.2. The molecule has 41 heavy (non-hydrogen) atoms. The zero-order valence-electron chi connectivity index (χ0n) is 21.9. The van der Waals surface area contributed by atoms with E-state index in [-0.39, 0.29) is 49.2 Å². The van der Waals surface area contributed by atoms with Gasteiger partial charge < -0.3 is 20.2 Å². The van der Waals surface area contributed by atoms with Crippen molar-refractivity contribution in [3.05, 3.63) is 72.4 Å². The third kappa shape index (κ3) is 6.17. The van der Waals surface area contributed by atoms with Crippen molar-refractivity contribution < 1.29 is 23.5 Å². The predicted octanol–water partition coefficient (Wildman–Crippen LogP) is 4.11. The molecule has 3 aromatic rings. The molecular formula is C28H25F2N7O3S. The number of phenols is 1. The Balaban J connectivity index is 1.92. The van der Waals surface area contributed by atoms with E-state index >= 15 is 4.39 Å². The molecule has 0 aliphatic carbocycles. The van der Waals surface area contributed by atoms with Crippen molar-refractivity contribution in [2.45, 2.75) is 17.5 Å². The van der Waals surface area contributed by atoms with Gasteiger partial charge in [0.2, 0.25) is 12.3 Å². The third-order valence-corrected chi connectivity index (χ3v) is 7.08. The number of carbonyl (C=O) groups excluding carboxylic acids is 2.